The van der Waals surface area contributed by atoms with Crippen molar-refractivity contribution < 1.29 is 9.53 Å². The van der Waals surface area contributed by atoms with Gasteiger partial charge in [0.15, 0.2) is 0 Å². The number of ether oxygens (including phenoxy) is 1. The van der Waals surface area contributed by atoms with E-state index in [2.05, 4.69) is 10.3 Å². The number of hydrogen-bond donors (Lipinski definition) is 2. The van der Waals surface area contributed by atoms with Gasteiger partial charge in [-0.05, 0) is 19.9 Å². The van der Waals surface area contributed by atoms with E-state index >= 15 is 0 Å². The lowest BCUT2D eigenvalue weighted by atomic mass is 10.2. The number of rotatable bonds is 5. The van der Waals surface area contributed by atoms with E-state index in [4.69, 9.17) is 10.5 Å². The van der Waals surface area contributed by atoms with Gasteiger partial charge >= 0.3 is 0 Å². The van der Waals surface area contributed by atoms with Crippen LogP contribution in [0.1, 0.15) is 23.0 Å². The quantitative estimate of drug-likeness (QED) is 0.722. The van der Waals surface area contributed by atoms with Gasteiger partial charge in [0.25, 0.3) is 5.91 Å². The highest BCUT2D eigenvalue weighted by Crippen LogP contribution is 2.10. The van der Waals surface area contributed by atoms with Crippen molar-refractivity contribution in [3.63, 3.8) is 0 Å². The smallest absolute Gasteiger partial charge is 0.255 e. The average molecular weight is 223 g/mol. The van der Waals surface area contributed by atoms with Crippen LogP contribution in [0.2, 0.25) is 0 Å². The number of amides is 1. The van der Waals surface area contributed by atoms with Gasteiger partial charge in [0.05, 0.1) is 12.2 Å². The molecule has 0 fully saturated rings. The number of nitrogens with two attached hydrogens (primary N) is 1. The molecule has 0 aliphatic heterocycles. The first-order valence-electron chi connectivity index (χ1n) is 5.23. The van der Waals surface area contributed by atoms with E-state index in [1.54, 1.807) is 6.07 Å². The van der Waals surface area contributed by atoms with E-state index in [-0.39, 0.29) is 5.91 Å². The zero-order chi connectivity index (χ0) is 12.0. The van der Waals surface area contributed by atoms with Gasteiger partial charge < -0.3 is 15.8 Å². The molecule has 1 heterocycles. The molecule has 0 saturated heterocycles. The van der Waals surface area contributed by atoms with Crippen molar-refractivity contribution >= 4 is 11.6 Å². The maximum Gasteiger partial charge on any atom is 0.255 e. The molecule has 0 aliphatic rings. The van der Waals surface area contributed by atoms with Gasteiger partial charge in [-0.3, -0.25) is 9.78 Å². The summed E-state index contributed by atoms with van der Waals surface area (Å²) in [5, 5.41) is 2.71. The molecule has 1 rings (SSSR count). The number of carbonyl (C=O) groups is 1. The van der Waals surface area contributed by atoms with Gasteiger partial charge in [-0.15, -0.1) is 0 Å². The zero-order valence-corrected chi connectivity index (χ0v) is 9.62. The van der Waals surface area contributed by atoms with Crippen molar-refractivity contribution in [1.82, 2.24) is 10.3 Å². The number of aryl methyl sites for hydroxylation is 1. The zero-order valence-electron chi connectivity index (χ0n) is 9.62. The fraction of sp³-hybridized carbons (Fsp3) is 0.455. The summed E-state index contributed by atoms with van der Waals surface area (Å²) in [5.74, 6) is -0.218. The molecule has 16 heavy (non-hydrogen) atoms. The van der Waals surface area contributed by atoms with Crippen LogP contribution in [0, 0.1) is 6.92 Å². The Morgan fingerprint density at radius 1 is 1.62 bits per heavy atom. The van der Waals surface area contributed by atoms with E-state index in [0.29, 0.717) is 31.0 Å². The number of carbonyl (C=O) groups excluding carboxylic acids is 1. The fourth-order valence-electron chi connectivity index (χ4n) is 1.25. The highest BCUT2D eigenvalue weighted by Gasteiger charge is 2.09. The molecular formula is C11H17N3O2. The van der Waals surface area contributed by atoms with Crippen LogP contribution < -0.4 is 11.1 Å². The van der Waals surface area contributed by atoms with Crippen molar-refractivity contribution in [2.24, 2.45) is 0 Å². The Morgan fingerprint density at radius 3 is 3.00 bits per heavy atom. The largest absolute Gasteiger partial charge is 0.398 e. The first-order chi connectivity index (χ1) is 7.65. The van der Waals surface area contributed by atoms with Gasteiger partial charge in [0, 0.05) is 30.7 Å². The van der Waals surface area contributed by atoms with Gasteiger partial charge in [0.1, 0.15) is 0 Å². The van der Waals surface area contributed by atoms with E-state index in [0.717, 1.165) is 5.69 Å². The maximum atomic E-state index is 11.7. The minimum absolute atomic E-state index is 0.218. The van der Waals surface area contributed by atoms with E-state index in [1.807, 2.05) is 13.8 Å². The van der Waals surface area contributed by atoms with Crippen LogP contribution in [-0.4, -0.2) is 30.6 Å². The Morgan fingerprint density at radius 2 is 2.38 bits per heavy atom. The second kappa shape index (κ2) is 6.07. The second-order valence-corrected chi connectivity index (χ2v) is 3.37. The summed E-state index contributed by atoms with van der Waals surface area (Å²) >= 11 is 0. The summed E-state index contributed by atoms with van der Waals surface area (Å²) in [5.41, 5.74) is 7.37. The predicted molar refractivity (Wildman–Crippen MR) is 62.2 cm³/mol. The van der Waals surface area contributed by atoms with Crippen LogP contribution in [0.5, 0.6) is 0 Å². The topological polar surface area (TPSA) is 77.2 Å². The molecule has 88 valence electrons. The normalized spacial score (nSPS) is 10.1. The molecule has 1 aromatic heterocycles. The standard InChI is InChI=1S/C11H17N3O2/c1-3-16-5-4-13-11(15)9-7-14-8(2)6-10(9)12/h6-7H,3-5H2,1-2H3,(H2,12,14)(H,13,15). The Balaban J connectivity index is 2.53. The summed E-state index contributed by atoms with van der Waals surface area (Å²) in [6.45, 7) is 5.35. The van der Waals surface area contributed by atoms with E-state index in [1.165, 1.54) is 6.20 Å². The SMILES string of the molecule is CCOCCNC(=O)c1cnc(C)cc1N. The minimum Gasteiger partial charge on any atom is -0.398 e. The van der Waals surface area contributed by atoms with Gasteiger partial charge in [-0.1, -0.05) is 0 Å². The number of nitrogens with one attached hydrogen (secondary N) is 1. The maximum absolute atomic E-state index is 11.7. The number of nitrogen functional groups attached to an aromatic ring is 1. The van der Waals surface area contributed by atoms with Crippen molar-refractivity contribution in [2.45, 2.75) is 13.8 Å². The van der Waals surface area contributed by atoms with Crippen molar-refractivity contribution in [3.05, 3.63) is 23.5 Å². The molecule has 0 bridgehead atoms. The molecule has 5 nitrogen and oxygen atoms in total. The van der Waals surface area contributed by atoms with Crippen molar-refractivity contribution in [1.29, 1.82) is 0 Å². The van der Waals surface area contributed by atoms with Crippen molar-refractivity contribution in [3.8, 4) is 0 Å². The number of aromatic nitrogens is 1. The minimum atomic E-state index is -0.218. The highest BCUT2D eigenvalue weighted by atomic mass is 16.5. The fourth-order valence-corrected chi connectivity index (χ4v) is 1.25. The molecule has 0 aromatic carbocycles. The number of anilines is 1. The summed E-state index contributed by atoms with van der Waals surface area (Å²) < 4.78 is 5.11. The summed E-state index contributed by atoms with van der Waals surface area (Å²) in [7, 11) is 0. The molecule has 0 atom stereocenters. The molecule has 3 N–H and O–H groups in total. The third kappa shape index (κ3) is 3.51. The van der Waals surface area contributed by atoms with Crippen LogP contribution in [0.25, 0.3) is 0 Å². The van der Waals surface area contributed by atoms with Crippen molar-refractivity contribution in [2.75, 3.05) is 25.5 Å². The molecule has 0 spiro atoms. The monoisotopic (exact) mass is 223 g/mol. The Labute approximate surface area is 95.0 Å². The van der Waals surface area contributed by atoms with Gasteiger partial charge in [-0.2, -0.15) is 0 Å². The Hall–Kier alpha value is -1.62. The van der Waals surface area contributed by atoms with Gasteiger partial charge in [-0.25, -0.2) is 0 Å². The molecular weight excluding hydrogens is 206 g/mol. The number of nitrogens with zero attached hydrogens (tertiary/aromatic N) is 1. The van der Waals surface area contributed by atoms with Crippen LogP contribution in [0.15, 0.2) is 12.3 Å². The molecule has 1 amide bonds. The summed E-state index contributed by atoms with van der Waals surface area (Å²) in [6.07, 6.45) is 1.49. The van der Waals surface area contributed by atoms with Crippen LogP contribution in [0.4, 0.5) is 5.69 Å². The first kappa shape index (κ1) is 12.4. The average Bonchev–Trinajstić information content (AvgIpc) is 2.24. The van der Waals surface area contributed by atoms with Gasteiger partial charge in [0.2, 0.25) is 0 Å². The Bertz CT molecular complexity index is 366. The molecule has 0 aliphatic carbocycles. The first-order valence-corrected chi connectivity index (χ1v) is 5.23. The lowest BCUT2D eigenvalue weighted by Crippen LogP contribution is -2.28. The highest BCUT2D eigenvalue weighted by molar-refractivity contribution is 5.98. The number of pyridine rings is 1. The molecule has 0 saturated carbocycles. The predicted octanol–water partition coefficient (Wildman–Crippen LogP) is 0.739. The molecule has 1 aromatic rings. The molecule has 0 unspecified atom stereocenters. The lowest BCUT2D eigenvalue weighted by Gasteiger charge is -2.07. The summed E-state index contributed by atoms with van der Waals surface area (Å²) in [4.78, 5) is 15.7. The summed E-state index contributed by atoms with van der Waals surface area (Å²) in [6, 6.07) is 1.68. The van der Waals surface area contributed by atoms with Crippen LogP contribution in [-0.2, 0) is 4.74 Å². The van der Waals surface area contributed by atoms with E-state index in [9.17, 15) is 4.79 Å². The number of hydrogen-bond acceptors (Lipinski definition) is 4. The lowest BCUT2D eigenvalue weighted by molar-refractivity contribution is 0.0923. The second-order valence-electron chi connectivity index (χ2n) is 3.37. The van der Waals surface area contributed by atoms with Crippen LogP contribution >= 0.6 is 0 Å². The Kier molecular flexibility index (Phi) is 4.72. The van der Waals surface area contributed by atoms with E-state index < -0.39 is 0 Å². The van der Waals surface area contributed by atoms with Crippen LogP contribution in [0.3, 0.4) is 0 Å². The third-order valence-electron chi connectivity index (χ3n) is 2.05. The molecule has 0 radical (unpaired) electrons. The molecule has 5 heteroatoms. The third-order valence-corrected chi connectivity index (χ3v) is 2.05.